The number of hydroxylamine groups is 1. The van der Waals surface area contributed by atoms with Crippen molar-refractivity contribution in [3.05, 3.63) is 29.3 Å². The summed E-state index contributed by atoms with van der Waals surface area (Å²) in [5.74, 6) is 0.802. The molecular formula is C9H13NO2. The van der Waals surface area contributed by atoms with Gasteiger partial charge >= 0.3 is 0 Å². The minimum atomic E-state index is 0.406. The van der Waals surface area contributed by atoms with Crippen molar-refractivity contribution in [1.82, 2.24) is 5.48 Å². The minimum Gasteiger partial charge on any atom is -0.496 e. The Labute approximate surface area is 71.9 Å². The third-order valence-corrected chi connectivity index (χ3v) is 1.71. The molecule has 0 aliphatic heterocycles. The standard InChI is InChI=1S/C9H13NO2/c1-7-3-4-8(6-10-11)9(5-7)12-2/h3-5,10-11H,6H2,1-2H3. The van der Waals surface area contributed by atoms with Crippen molar-refractivity contribution in [2.45, 2.75) is 13.5 Å². The van der Waals surface area contributed by atoms with Gasteiger partial charge < -0.3 is 9.94 Å². The monoisotopic (exact) mass is 167 g/mol. The molecular weight excluding hydrogens is 154 g/mol. The van der Waals surface area contributed by atoms with Gasteiger partial charge in [-0.3, -0.25) is 0 Å². The first-order valence-corrected chi connectivity index (χ1v) is 3.78. The van der Waals surface area contributed by atoms with Gasteiger partial charge in [0.05, 0.1) is 7.11 Å². The van der Waals surface area contributed by atoms with Crippen LogP contribution in [-0.2, 0) is 6.54 Å². The lowest BCUT2D eigenvalue weighted by Crippen LogP contribution is -2.07. The van der Waals surface area contributed by atoms with E-state index in [1.54, 1.807) is 7.11 Å². The second-order valence-corrected chi connectivity index (χ2v) is 2.65. The van der Waals surface area contributed by atoms with Crippen molar-refractivity contribution < 1.29 is 9.94 Å². The van der Waals surface area contributed by atoms with Crippen LogP contribution in [0, 0.1) is 6.92 Å². The van der Waals surface area contributed by atoms with E-state index in [-0.39, 0.29) is 0 Å². The van der Waals surface area contributed by atoms with Crippen LogP contribution >= 0.6 is 0 Å². The molecule has 0 radical (unpaired) electrons. The van der Waals surface area contributed by atoms with E-state index in [0.717, 1.165) is 16.9 Å². The Balaban J connectivity index is 2.94. The molecule has 0 heterocycles. The molecule has 0 atom stereocenters. The quantitative estimate of drug-likeness (QED) is 0.670. The predicted molar refractivity (Wildman–Crippen MR) is 46.4 cm³/mol. The zero-order chi connectivity index (χ0) is 8.97. The van der Waals surface area contributed by atoms with Gasteiger partial charge in [0.25, 0.3) is 0 Å². The van der Waals surface area contributed by atoms with Gasteiger partial charge in [-0.25, -0.2) is 5.48 Å². The van der Waals surface area contributed by atoms with E-state index in [9.17, 15) is 0 Å². The predicted octanol–water partition coefficient (Wildman–Crippen LogP) is 1.48. The Morgan fingerprint density at radius 1 is 1.50 bits per heavy atom. The third kappa shape index (κ3) is 1.96. The molecule has 2 N–H and O–H groups in total. The van der Waals surface area contributed by atoms with Gasteiger partial charge in [-0.05, 0) is 18.6 Å². The van der Waals surface area contributed by atoms with Crippen LogP contribution in [0.4, 0.5) is 0 Å². The summed E-state index contributed by atoms with van der Waals surface area (Å²) in [6, 6.07) is 5.85. The number of benzene rings is 1. The lowest BCUT2D eigenvalue weighted by Gasteiger charge is -2.07. The van der Waals surface area contributed by atoms with Gasteiger partial charge in [0.2, 0.25) is 0 Å². The lowest BCUT2D eigenvalue weighted by molar-refractivity contribution is 0.160. The summed E-state index contributed by atoms with van der Waals surface area (Å²) < 4.78 is 5.13. The summed E-state index contributed by atoms with van der Waals surface area (Å²) in [7, 11) is 1.62. The summed E-state index contributed by atoms with van der Waals surface area (Å²) >= 11 is 0. The van der Waals surface area contributed by atoms with Crippen molar-refractivity contribution in [3.8, 4) is 5.75 Å². The molecule has 0 bridgehead atoms. The van der Waals surface area contributed by atoms with Crippen LogP contribution in [0.1, 0.15) is 11.1 Å². The first-order chi connectivity index (χ1) is 5.77. The Morgan fingerprint density at radius 2 is 2.25 bits per heavy atom. The third-order valence-electron chi connectivity index (χ3n) is 1.71. The number of hydrogen-bond donors (Lipinski definition) is 2. The Hall–Kier alpha value is -1.06. The maximum atomic E-state index is 8.50. The molecule has 0 saturated carbocycles. The Kier molecular flexibility index (Phi) is 3.08. The molecule has 3 heteroatoms. The summed E-state index contributed by atoms with van der Waals surface area (Å²) in [5, 5.41) is 8.50. The maximum absolute atomic E-state index is 8.50. The molecule has 0 amide bonds. The highest BCUT2D eigenvalue weighted by Gasteiger charge is 2.00. The second-order valence-electron chi connectivity index (χ2n) is 2.65. The van der Waals surface area contributed by atoms with Gasteiger partial charge in [0.1, 0.15) is 5.75 Å². The molecule has 1 rings (SSSR count). The average Bonchev–Trinajstić information content (AvgIpc) is 2.08. The van der Waals surface area contributed by atoms with E-state index in [1.807, 2.05) is 25.1 Å². The normalized spacial score (nSPS) is 9.92. The van der Waals surface area contributed by atoms with E-state index < -0.39 is 0 Å². The highest BCUT2D eigenvalue weighted by molar-refractivity contribution is 5.36. The minimum absolute atomic E-state index is 0.406. The van der Waals surface area contributed by atoms with Crippen molar-refractivity contribution in [2.75, 3.05) is 7.11 Å². The van der Waals surface area contributed by atoms with E-state index >= 15 is 0 Å². The first-order valence-electron chi connectivity index (χ1n) is 3.78. The summed E-state index contributed by atoms with van der Waals surface area (Å²) in [4.78, 5) is 0. The van der Waals surface area contributed by atoms with E-state index in [4.69, 9.17) is 9.94 Å². The fourth-order valence-electron chi connectivity index (χ4n) is 1.08. The number of aryl methyl sites for hydroxylation is 1. The van der Waals surface area contributed by atoms with Crippen molar-refractivity contribution >= 4 is 0 Å². The molecule has 12 heavy (non-hydrogen) atoms. The molecule has 0 spiro atoms. The molecule has 0 fully saturated rings. The van der Waals surface area contributed by atoms with Crippen LogP contribution in [0.3, 0.4) is 0 Å². The SMILES string of the molecule is COc1cc(C)ccc1CNO. The highest BCUT2D eigenvalue weighted by Crippen LogP contribution is 2.19. The zero-order valence-corrected chi connectivity index (χ0v) is 7.29. The molecule has 0 aliphatic carbocycles. The topological polar surface area (TPSA) is 41.5 Å². The average molecular weight is 167 g/mol. The Bertz CT molecular complexity index is 261. The molecule has 0 unspecified atom stereocenters. The Morgan fingerprint density at radius 3 is 2.83 bits per heavy atom. The van der Waals surface area contributed by atoms with Crippen LogP contribution < -0.4 is 10.2 Å². The zero-order valence-electron chi connectivity index (χ0n) is 7.29. The van der Waals surface area contributed by atoms with Crippen LogP contribution in [0.2, 0.25) is 0 Å². The molecule has 0 aliphatic rings. The highest BCUT2D eigenvalue weighted by atomic mass is 16.5. The summed E-state index contributed by atoms with van der Waals surface area (Å²) in [5.41, 5.74) is 4.19. The summed E-state index contributed by atoms with van der Waals surface area (Å²) in [6.07, 6.45) is 0. The van der Waals surface area contributed by atoms with E-state index in [0.29, 0.717) is 6.54 Å². The first kappa shape index (κ1) is 9.03. The molecule has 66 valence electrons. The second kappa shape index (κ2) is 4.09. The van der Waals surface area contributed by atoms with Crippen molar-refractivity contribution in [3.63, 3.8) is 0 Å². The number of rotatable bonds is 3. The number of methoxy groups -OCH3 is 1. The lowest BCUT2D eigenvalue weighted by atomic mass is 10.1. The van der Waals surface area contributed by atoms with Crippen LogP contribution in [0.15, 0.2) is 18.2 Å². The van der Waals surface area contributed by atoms with Gasteiger partial charge in [-0.15, -0.1) is 0 Å². The van der Waals surface area contributed by atoms with Gasteiger partial charge in [0, 0.05) is 12.1 Å². The maximum Gasteiger partial charge on any atom is 0.123 e. The molecule has 3 nitrogen and oxygen atoms in total. The molecule has 0 saturated heterocycles. The smallest absolute Gasteiger partial charge is 0.123 e. The van der Waals surface area contributed by atoms with Gasteiger partial charge in [-0.2, -0.15) is 0 Å². The number of ether oxygens (including phenoxy) is 1. The fraction of sp³-hybridized carbons (Fsp3) is 0.333. The molecule has 0 aromatic heterocycles. The largest absolute Gasteiger partial charge is 0.496 e. The number of hydrogen-bond acceptors (Lipinski definition) is 3. The van der Waals surface area contributed by atoms with Gasteiger partial charge in [0.15, 0.2) is 0 Å². The van der Waals surface area contributed by atoms with E-state index in [1.165, 1.54) is 0 Å². The molecule has 1 aromatic carbocycles. The van der Waals surface area contributed by atoms with Crippen LogP contribution in [0.25, 0.3) is 0 Å². The van der Waals surface area contributed by atoms with Gasteiger partial charge in [-0.1, -0.05) is 12.1 Å². The molecule has 1 aromatic rings. The van der Waals surface area contributed by atoms with Crippen LogP contribution in [0.5, 0.6) is 5.75 Å². The summed E-state index contributed by atoms with van der Waals surface area (Å²) in [6.45, 7) is 2.40. The van der Waals surface area contributed by atoms with Crippen molar-refractivity contribution in [1.29, 1.82) is 0 Å². The van der Waals surface area contributed by atoms with Crippen molar-refractivity contribution in [2.24, 2.45) is 0 Å². The fourth-order valence-corrected chi connectivity index (χ4v) is 1.08. The van der Waals surface area contributed by atoms with Crippen LogP contribution in [-0.4, -0.2) is 12.3 Å². The number of nitrogens with one attached hydrogen (secondary N) is 1. The van der Waals surface area contributed by atoms with E-state index in [2.05, 4.69) is 5.48 Å².